The number of carbonyl (C=O) groups is 2. The van der Waals surface area contributed by atoms with E-state index in [9.17, 15) is 9.59 Å². The van der Waals surface area contributed by atoms with E-state index in [0.29, 0.717) is 0 Å². The number of benzene rings is 1. The summed E-state index contributed by atoms with van der Waals surface area (Å²) in [6, 6.07) is 6.09. The first kappa shape index (κ1) is 21.6. The van der Waals surface area contributed by atoms with Crippen molar-refractivity contribution < 1.29 is 9.59 Å². The summed E-state index contributed by atoms with van der Waals surface area (Å²) in [5.41, 5.74) is 3.84. The van der Waals surface area contributed by atoms with Crippen molar-refractivity contribution in [3.05, 3.63) is 34.9 Å². The third-order valence-electron chi connectivity index (χ3n) is 5.17. The van der Waals surface area contributed by atoms with Crippen LogP contribution in [-0.2, 0) is 16.6 Å². The largest absolute Gasteiger partial charge is 0.303 e. The molecule has 1 aliphatic carbocycles. The van der Waals surface area contributed by atoms with Gasteiger partial charge in [0.1, 0.15) is 12.6 Å². The van der Waals surface area contributed by atoms with Crippen LogP contribution in [0.1, 0.15) is 106 Å². The van der Waals surface area contributed by atoms with Gasteiger partial charge in [-0.15, -0.1) is 0 Å². The van der Waals surface area contributed by atoms with Gasteiger partial charge in [-0.05, 0) is 48.3 Å². The van der Waals surface area contributed by atoms with Gasteiger partial charge in [0, 0.05) is 12.0 Å². The summed E-state index contributed by atoms with van der Waals surface area (Å²) in [4.78, 5) is 20.6. The highest BCUT2D eigenvalue weighted by molar-refractivity contribution is 5.75. The average molecular weight is 345 g/mol. The summed E-state index contributed by atoms with van der Waals surface area (Å²) in [5, 5.41) is 0. The highest BCUT2D eigenvalue weighted by Crippen LogP contribution is 2.36. The smallest absolute Gasteiger partial charge is 0.150 e. The molecular weight excluding hydrogens is 308 g/mol. The Hall–Kier alpha value is -1.44. The fourth-order valence-corrected chi connectivity index (χ4v) is 3.56. The first-order chi connectivity index (χ1) is 12.0. The first-order valence-electron chi connectivity index (χ1n) is 10.1. The standard InChI is InChI=1S/C13H16O.C10H20O/c1-13(2)7-3-4-11-6-5-10(9-14)8-12(11)13;1-2-3-4-5-6-7-8-9-10-11/h5-6,8-9H,3-4,7H2,1-2H3;10H,2-9H2,1H3. The predicted octanol–water partition coefficient (Wildman–Crippen LogP) is 6.44. The maximum atomic E-state index is 10.7. The van der Waals surface area contributed by atoms with E-state index in [0.717, 1.165) is 37.4 Å². The van der Waals surface area contributed by atoms with E-state index in [4.69, 9.17) is 0 Å². The summed E-state index contributed by atoms with van der Waals surface area (Å²) >= 11 is 0. The van der Waals surface area contributed by atoms with E-state index in [-0.39, 0.29) is 5.41 Å². The van der Waals surface area contributed by atoms with Gasteiger partial charge in [0.25, 0.3) is 0 Å². The van der Waals surface area contributed by atoms with Crippen molar-refractivity contribution in [2.45, 2.75) is 96.8 Å². The number of unbranched alkanes of at least 4 members (excludes halogenated alkanes) is 7. The molecule has 0 aliphatic heterocycles. The van der Waals surface area contributed by atoms with Crippen molar-refractivity contribution in [2.75, 3.05) is 0 Å². The van der Waals surface area contributed by atoms with Crippen LogP contribution >= 0.6 is 0 Å². The van der Waals surface area contributed by atoms with Gasteiger partial charge in [-0.3, -0.25) is 4.79 Å². The Morgan fingerprint density at radius 3 is 2.32 bits per heavy atom. The molecule has 2 heteroatoms. The molecule has 0 radical (unpaired) electrons. The van der Waals surface area contributed by atoms with Gasteiger partial charge in [0.15, 0.2) is 0 Å². The molecule has 1 aromatic carbocycles. The SMILES string of the molecule is CC1(C)CCCc2ccc(C=O)cc21.CCCCCCCCCC=O. The van der Waals surface area contributed by atoms with E-state index in [1.165, 1.54) is 62.5 Å². The maximum Gasteiger partial charge on any atom is 0.150 e. The van der Waals surface area contributed by atoms with Crippen LogP contribution in [0.3, 0.4) is 0 Å². The summed E-state index contributed by atoms with van der Waals surface area (Å²) in [6.07, 6.45) is 15.4. The molecule has 25 heavy (non-hydrogen) atoms. The monoisotopic (exact) mass is 344 g/mol. The highest BCUT2D eigenvalue weighted by Gasteiger charge is 2.27. The van der Waals surface area contributed by atoms with Crippen LogP contribution in [0, 0.1) is 0 Å². The number of aldehydes is 2. The Morgan fingerprint density at radius 1 is 1.00 bits per heavy atom. The molecule has 0 unspecified atom stereocenters. The molecule has 0 amide bonds. The Balaban J connectivity index is 0.000000260. The molecule has 2 nitrogen and oxygen atoms in total. The van der Waals surface area contributed by atoms with Gasteiger partial charge >= 0.3 is 0 Å². The Bertz CT molecular complexity index is 517. The topological polar surface area (TPSA) is 34.1 Å². The van der Waals surface area contributed by atoms with Crippen LogP contribution in [0.5, 0.6) is 0 Å². The Morgan fingerprint density at radius 2 is 1.68 bits per heavy atom. The minimum absolute atomic E-state index is 0.243. The van der Waals surface area contributed by atoms with Crippen molar-refractivity contribution in [1.82, 2.24) is 0 Å². The van der Waals surface area contributed by atoms with Crippen molar-refractivity contribution in [3.8, 4) is 0 Å². The summed E-state index contributed by atoms with van der Waals surface area (Å²) in [5.74, 6) is 0. The normalized spacial score (nSPS) is 14.8. The molecule has 0 atom stereocenters. The second-order valence-corrected chi connectivity index (χ2v) is 7.85. The van der Waals surface area contributed by atoms with Gasteiger partial charge in [0.2, 0.25) is 0 Å². The quantitative estimate of drug-likeness (QED) is 0.381. The zero-order chi connectivity index (χ0) is 18.5. The molecule has 0 saturated heterocycles. The molecule has 1 aromatic rings. The highest BCUT2D eigenvalue weighted by atomic mass is 16.1. The molecule has 140 valence electrons. The van der Waals surface area contributed by atoms with Gasteiger partial charge < -0.3 is 4.79 Å². The lowest BCUT2D eigenvalue weighted by molar-refractivity contribution is -0.107. The van der Waals surface area contributed by atoms with E-state index in [1.807, 2.05) is 6.07 Å². The van der Waals surface area contributed by atoms with Crippen LogP contribution in [0.4, 0.5) is 0 Å². The van der Waals surface area contributed by atoms with Crippen molar-refractivity contribution in [1.29, 1.82) is 0 Å². The second kappa shape index (κ2) is 12.0. The summed E-state index contributed by atoms with van der Waals surface area (Å²) < 4.78 is 0. The average Bonchev–Trinajstić information content (AvgIpc) is 2.61. The molecule has 2 rings (SSSR count). The molecule has 0 N–H and O–H groups in total. The second-order valence-electron chi connectivity index (χ2n) is 7.85. The zero-order valence-corrected chi connectivity index (χ0v) is 16.5. The first-order valence-corrected chi connectivity index (χ1v) is 10.1. The zero-order valence-electron chi connectivity index (χ0n) is 16.5. The summed E-state index contributed by atoms with van der Waals surface area (Å²) in [6.45, 7) is 6.76. The fourth-order valence-electron chi connectivity index (χ4n) is 3.56. The van der Waals surface area contributed by atoms with Crippen LogP contribution in [0.25, 0.3) is 0 Å². The van der Waals surface area contributed by atoms with Crippen LogP contribution in [0.15, 0.2) is 18.2 Å². The van der Waals surface area contributed by atoms with E-state index >= 15 is 0 Å². The van der Waals surface area contributed by atoms with Crippen molar-refractivity contribution in [3.63, 3.8) is 0 Å². The van der Waals surface area contributed by atoms with Gasteiger partial charge in [0.05, 0.1) is 0 Å². The minimum atomic E-state index is 0.243. The molecule has 0 fully saturated rings. The minimum Gasteiger partial charge on any atom is -0.303 e. The van der Waals surface area contributed by atoms with Crippen LogP contribution in [-0.4, -0.2) is 12.6 Å². The molecule has 0 bridgehead atoms. The Kier molecular flexibility index (Phi) is 10.4. The van der Waals surface area contributed by atoms with Gasteiger partial charge in [-0.1, -0.05) is 71.4 Å². The predicted molar refractivity (Wildman–Crippen MR) is 106 cm³/mol. The van der Waals surface area contributed by atoms with Gasteiger partial charge in [-0.2, -0.15) is 0 Å². The molecule has 1 aliphatic rings. The van der Waals surface area contributed by atoms with E-state index in [1.54, 1.807) is 0 Å². The number of fused-ring (bicyclic) bond motifs is 1. The number of hydrogen-bond donors (Lipinski definition) is 0. The van der Waals surface area contributed by atoms with Crippen molar-refractivity contribution >= 4 is 12.6 Å². The van der Waals surface area contributed by atoms with Crippen molar-refractivity contribution in [2.24, 2.45) is 0 Å². The lowest BCUT2D eigenvalue weighted by atomic mass is 9.72. The molecular formula is C23H36O2. The van der Waals surface area contributed by atoms with E-state index in [2.05, 4.69) is 32.9 Å². The molecule has 0 spiro atoms. The number of hydrogen-bond acceptors (Lipinski definition) is 2. The van der Waals surface area contributed by atoms with Crippen LogP contribution < -0.4 is 0 Å². The molecule has 0 heterocycles. The lowest BCUT2D eigenvalue weighted by Crippen LogP contribution is -2.23. The van der Waals surface area contributed by atoms with E-state index < -0.39 is 0 Å². The molecule has 0 aromatic heterocycles. The number of carbonyl (C=O) groups excluding carboxylic acids is 2. The van der Waals surface area contributed by atoms with Gasteiger partial charge in [-0.25, -0.2) is 0 Å². The number of rotatable bonds is 9. The third-order valence-corrected chi connectivity index (χ3v) is 5.17. The van der Waals surface area contributed by atoms with Crippen LogP contribution in [0.2, 0.25) is 0 Å². The lowest BCUT2D eigenvalue weighted by Gasteiger charge is -2.32. The Labute approximate surface area is 154 Å². The number of aryl methyl sites for hydroxylation is 1. The third kappa shape index (κ3) is 7.98. The maximum absolute atomic E-state index is 10.7. The summed E-state index contributed by atoms with van der Waals surface area (Å²) in [7, 11) is 0. The fraction of sp³-hybridized carbons (Fsp3) is 0.652. The molecule has 0 saturated carbocycles.